The molecule has 6 rings (SSSR count). The first-order chi connectivity index (χ1) is 17.7. The summed E-state index contributed by atoms with van der Waals surface area (Å²) in [4.78, 5) is 6.50. The zero-order valence-electron chi connectivity index (χ0n) is 20.7. The second-order valence-electron chi connectivity index (χ2n) is 10.2. The highest BCUT2D eigenvalue weighted by molar-refractivity contribution is 7.92. The van der Waals surface area contributed by atoms with Crippen LogP contribution < -0.4 is 10.2 Å². The number of hydrogen-bond acceptors (Lipinski definition) is 7. The van der Waals surface area contributed by atoms with Gasteiger partial charge in [0.1, 0.15) is 11.6 Å². The van der Waals surface area contributed by atoms with Crippen LogP contribution in [0.5, 0.6) is 5.75 Å². The Hall–Kier alpha value is -3.66. The lowest BCUT2D eigenvalue weighted by molar-refractivity contribution is 0.166. The topological polar surface area (TPSA) is 88.8 Å². The smallest absolute Gasteiger partial charge is 0.152 e. The van der Waals surface area contributed by atoms with Crippen molar-refractivity contribution in [1.29, 1.82) is 0 Å². The molecule has 3 aliphatic rings. The van der Waals surface area contributed by atoms with E-state index in [9.17, 15) is 12.8 Å². The van der Waals surface area contributed by atoms with Gasteiger partial charge in [0.2, 0.25) is 0 Å². The lowest BCUT2D eigenvalue weighted by Gasteiger charge is -2.52. The molecule has 0 saturated carbocycles. The van der Waals surface area contributed by atoms with Gasteiger partial charge in [-0.2, -0.15) is 5.10 Å². The molecule has 4 heterocycles. The Morgan fingerprint density at radius 2 is 1.97 bits per heavy atom. The van der Waals surface area contributed by atoms with Crippen molar-refractivity contribution in [3.05, 3.63) is 83.2 Å². The van der Waals surface area contributed by atoms with Crippen molar-refractivity contribution >= 4 is 21.7 Å². The molecule has 2 saturated heterocycles. The Balaban J connectivity index is 1.39. The summed E-state index contributed by atoms with van der Waals surface area (Å²) in [5, 5.41) is 4.65. The van der Waals surface area contributed by atoms with Crippen LogP contribution in [0.15, 0.2) is 65.7 Å². The molecule has 0 aliphatic carbocycles. The predicted molar refractivity (Wildman–Crippen MR) is 140 cm³/mol. The number of aryl methyl sites for hydroxylation is 1. The molecular formula is C27H28FN5O3S. The van der Waals surface area contributed by atoms with E-state index < -0.39 is 9.84 Å². The minimum absolute atomic E-state index is 0.0848. The summed E-state index contributed by atoms with van der Waals surface area (Å²) in [6, 6.07) is 12.4. The van der Waals surface area contributed by atoms with E-state index in [1.54, 1.807) is 25.6 Å². The van der Waals surface area contributed by atoms with Gasteiger partial charge in [-0.05, 0) is 60.4 Å². The van der Waals surface area contributed by atoms with Crippen LogP contribution in [0, 0.1) is 18.2 Å². The van der Waals surface area contributed by atoms with Crippen molar-refractivity contribution in [1.82, 2.24) is 19.9 Å². The molecule has 37 heavy (non-hydrogen) atoms. The number of sulfone groups is 1. The van der Waals surface area contributed by atoms with Gasteiger partial charge in [-0.15, -0.1) is 0 Å². The second-order valence-corrected chi connectivity index (χ2v) is 12.3. The number of methoxy groups -OCH3 is 1. The zero-order chi connectivity index (χ0) is 25.8. The number of piperidine rings is 1. The molecule has 1 N–H and O–H groups in total. The third-order valence-electron chi connectivity index (χ3n) is 7.32. The van der Waals surface area contributed by atoms with Gasteiger partial charge in [0.05, 0.1) is 48.9 Å². The highest BCUT2D eigenvalue weighted by Gasteiger charge is 2.54. The van der Waals surface area contributed by atoms with Crippen molar-refractivity contribution in [2.24, 2.45) is 10.5 Å². The maximum Gasteiger partial charge on any atom is 0.152 e. The van der Waals surface area contributed by atoms with Crippen LogP contribution in [-0.2, 0) is 9.84 Å². The predicted octanol–water partition coefficient (Wildman–Crippen LogP) is 3.49. The molecule has 192 valence electrons. The van der Waals surface area contributed by atoms with E-state index in [1.807, 2.05) is 35.9 Å². The summed E-state index contributed by atoms with van der Waals surface area (Å²) in [5.74, 6) is 1.53. The van der Waals surface area contributed by atoms with Gasteiger partial charge in [-0.1, -0.05) is 18.2 Å². The van der Waals surface area contributed by atoms with Crippen LogP contribution in [0.1, 0.15) is 29.3 Å². The summed E-state index contributed by atoms with van der Waals surface area (Å²) in [7, 11) is -1.41. The van der Waals surface area contributed by atoms with Crippen LogP contribution in [-0.4, -0.2) is 60.4 Å². The molecule has 10 heteroatoms. The molecule has 1 spiro atoms. The number of hydrogen-bond donors (Lipinski definition) is 1. The Morgan fingerprint density at radius 3 is 2.65 bits per heavy atom. The van der Waals surface area contributed by atoms with Crippen molar-refractivity contribution in [3.8, 4) is 11.4 Å². The summed E-state index contributed by atoms with van der Waals surface area (Å²) in [5.41, 5.74) is 7.44. The summed E-state index contributed by atoms with van der Waals surface area (Å²) in [6.07, 6.45) is 6.37. The van der Waals surface area contributed by atoms with Gasteiger partial charge < -0.3 is 19.6 Å². The molecule has 0 amide bonds. The maximum absolute atomic E-state index is 13.6. The summed E-state index contributed by atoms with van der Waals surface area (Å²) >= 11 is 0. The van der Waals surface area contributed by atoms with Crippen LogP contribution in [0.4, 0.5) is 4.39 Å². The number of nitrogens with one attached hydrogen (secondary N) is 1. The number of aromatic nitrogens is 2. The molecular weight excluding hydrogens is 493 g/mol. The third-order valence-corrected chi connectivity index (χ3v) is 9.42. The van der Waals surface area contributed by atoms with Gasteiger partial charge in [-0.25, -0.2) is 17.8 Å². The number of amidine groups is 1. The quantitative estimate of drug-likeness (QED) is 0.566. The summed E-state index contributed by atoms with van der Waals surface area (Å²) in [6.45, 7) is 3.08. The van der Waals surface area contributed by atoms with Gasteiger partial charge in [0.15, 0.2) is 15.7 Å². The first kappa shape index (κ1) is 23.7. The second kappa shape index (κ2) is 8.72. The number of nitrogens with zero attached hydrogens (tertiary/aromatic N) is 4. The number of halogens is 1. The van der Waals surface area contributed by atoms with Gasteiger partial charge in [0.25, 0.3) is 0 Å². The fourth-order valence-corrected chi connectivity index (χ4v) is 7.97. The number of imidazole rings is 1. The van der Waals surface area contributed by atoms with Crippen LogP contribution in [0.2, 0.25) is 0 Å². The van der Waals surface area contributed by atoms with Crippen LogP contribution in [0.25, 0.3) is 11.8 Å². The lowest BCUT2D eigenvalue weighted by Crippen LogP contribution is -2.62. The third kappa shape index (κ3) is 4.39. The average molecular weight is 522 g/mol. The van der Waals surface area contributed by atoms with E-state index in [0.717, 1.165) is 33.9 Å². The molecule has 3 aliphatic heterocycles. The minimum atomic E-state index is -3.04. The standard InChI is InChI=1S/C27H28FN5O3S/c1-18-13-32(17-29-18)23-8-3-19(10-25(23)36-2)9-21-11-27(15-37(34,35)16-27)14-33-24(12-30-31-26(21)33)20-4-6-22(28)7-5-20/h3-10,13,17,24,30H,11-12,14-16H2,1-2H3/b21-9+. The van der Waals surface area contributed by atoms with Gasteiger partial charge in [0, 0.05) is 18.2 Å². The highest BCUT2D eigenvalue weighted by Crippen LogP contribution is 2.46. The van der Waals surface area contributed by atoms with Crippen molar-refractivity contribution in [3.63, 3.8) is 0 Å². The maximum atomic E-state index is 13.6. The Morgan fingerprint density at radius 1 is 1.19 bits per heavy atom. The SMILES string of the molecule is COc1cc(/C=C2\CC3(CN4C2=NNCC4c2ccc(F)cc2)CS(=O)(=O)C3)ccc1-n1cnc(C)c1. The van der Waals surface area contributed by atoms with E-state index in [-0.39, 0.29) is 28.8 Å². The minimum Gasteiger partial charge on any atom is -0.495 e. The fraction of sp³-hybridized carbons (Fsp3) is 0.333. The first-order valence-corrected chi connectivity index (χ1v) is 14.0. The Bertz CT molecular complexity index is 1520. The molecule has 1 unspecified atom stereocenters. The van der Waals surface area contributed by atoms with Crippen LogP contribution >= 0.6 is 0 Å². The molecule has 2 aromatic carbocycles. The number of rotatable bonds is 4. The largest absolute Gasteiger partial charge is 0.495 e. The lowest BCUT2D eigenvalue weighted by atomic mass is 9.78. The number of benzene rings is 2. The monoisotopic (exact) mass is 521 g/mol. The highest BCUT2D eigenvalue weighted by atomic mass is 32.2. The van der Waals surface area contributed by atoms with Gasteiger partial charge in [-0.3, -0.25) is 0 Å². The van der Waals surface area contributed by atoms with E-state index in [1.165, 1.54) is 12.1 Å². The molecule has 2 fully saturated rings. The van der Waals surface area contributed by atoms with E-state index in [4.69, 9.17) is 4.74 Å². The average Bonchev–Trinajstić information content (AvgIpc) is 3.29. The van der Waals surface area contributed by atoms with E-state index in [0.29, 0.717) is 25.3 Å². The zero-order valence-corrected chi connectivity index (χ0v) is 21.5. The molecule has 1 atom stereocenters. The number of fused-ring (bicyclic) bond motifs is 1. The van der Waals surface area contributed by atoms with Gasteiger partial charge >= 0.3 is 0 Å². The van der Waals surface area contributed by atoms with E-state index in [2.05, 4.69) is 26.5 Å². The fourth-order valence-electron chi connectivity index (χ4n) is 5.80. The molecule has 3 aromatic rings. The molecule has 0 radical (unpaired) electrons. The molecule has 8 nitrogen and oxygen atoms in total. The van der Waals surface area contributed by atoms with Crippen molar-refractivity contribution in [2.45, 2.75) is 19.4 Å². The normalized spacial score (nSPS) is 22.7. The number of ether oxygens (including phenoxy) is 1. The Kier molecular flexibility index (Phi) is 5.59. The van der Waals surface area contributed by atoms with E-state index >= 15 is 0 Å². The molecule has 1 aromatic heterocycles. The number of hydrazone groups is 1. The Labute approximate surface area is 215 Å². The first-order valence-electron chi connectivity index (χ1n) is 12.2. The summed E-state index contributed by atoms with van der Waals surface area (Å²) < 4.78 is 45.8. The van der Waals surface area contributed by atoms with Crippen molar-refractivity contribution < 1.29 is 17.5 Å². The van der Waals surface area contributed by atoms with Crippen molar-refractivity contribution in [2.75, 3.05) is 31.7 Å². The van der Waals surface area contributed by atoms with Crippen LogP contribution in [0.3, 0.4) is 0 Å². The molecule has 0 bridgehead atoms.